The molecule has 21 heavy (non-hydrogen) atoms. The van der Waals surface area contributed by atoms with Gasteiger partial charge in [-0.1, -0.05) is 11.8 Å². The van der Waals surface area contributed by atoms with E-state index in [4.69, 9.17) is 5.11 Å². The number of hydrogen-bond donors (Lipinski definition) is 1. The van der Waals surface area contributed by atoms with Crippen molar-refractivity contribution >= 4 is 28.8 Å². The Bertz CT molecular complexity index is 657. The fourth-order valence-electron chi connectivity index (χ4n) is 2.01. The van der Waals surface area contributed by atoms with Crippen molar-refractivity contribution in [2.75, 3.05) is 5.75 Å². The van der Waals surface area contributed by atoms with Crippen LogP contribution < -0.4 is 0 Å². The molecule has 9 heteroatoms. The highest BCUT2D eigenvalue weighted by atomic mass is 32.2. The Labute approximate surface area is 122 Å². The molecule has 0 saturated heterocycles. The third kappa shape index (κ3) is 3.87. The number of aromatic nitrogens is 3. The zero-order valence-electron chi connectivity index (χ0n) is 11.0. The number of carboxylic acid groups (broad SMARTS) is 1. The summed E-state index contributed by atoms with van der Waals surface area (Å²) in [5.74, 6) is -1.32. The smallest absolute Gasteiger partial charge is 0.391 e. The molecule has 0 saturated carbocycles. The summed E-state index contributed by atoms with van der Waals surface area (Å²) in [5, 5.41) is 8.96. The van der Waals surface area contributed by atoms with Gasteiger partial charge in [0.05, 0.1) is 23.9 Å². The molecule has 1 N–H and O–H groups in total. The molecule has 0 aromatic carbocycles. The Balaban J connectivity index is 2.42. The Morgan fingerprint density at radius 1 is 1.52 bits per heavy atom. The van der Waals surface area contributed by atoms with E-state index in [1.165, 1.54) is 23.9 Å². The molecule has 2 aromatic heterocycles. The van der Waals surface area contributed by atoms with E-state index in [0.29, 0.717) is 11.0 Å². The van der Waals surface area contributed by atoms with Crippen LogP contribution in [0.3, 0.4) is 0 Å². The Hall–Kier alpha value is -1.77. The van der Waals surface area contributed by atoms with E-state index in [2.05, 4.69) is 9.97 Å². The van der Waals surface area contributed by atoms with Gasteiger partial charge in [-0.2, -0.15) is 13.2 Å². The summed E-state index contributed by atoms with van der Waals surface area (Å²) in [6.45, 7) is 1.43. The van der Waals surface area contributed by atoms with Crippen LogP contribution in [0.4, 0.5) is 13.2 Å². The lowest BCUT2D eigenvalue weighted by molar-refractivity contribution is -0.142. The maximum atomic E-state index is 12.6. The number of hydrogen-bond acceptors (Lipinski definition) is 4. The fourth-order valence-corrected chi connectivity index (χ4v) is 2.84. The zero-order chi connectivity index (χ0) is 15.6. The minimum atomic E-state index is -4.31. The van der Waals surface area contributed by atoms with Crippen LogP contribution in [0.1, 0.15) is 19.4 Å². The number of thioether (sulfide) groups is 1. The highest BCUT2D eigenvalue weighted by molar-refractivity contribution is 7.99. The number of carbonyl (C=O) groups is 1. The first-order valence-electron chi connectivity index (χ1n) is 6.01. The van der Waals surface area contributed by atoms with E-state index in [0.717, 1.165) is 11.8 Å². The number of imidazole rings is 1. The molecule has 5 nitrogen and oxygen atoms in total. The minimum absolute atomic E-state index is 0.247. The lowest BCUT2D eigenvalue weighted by Gasteiger charge is -2.18. The van der Waals surface area contributed by atoms with E-state index in [1.54, 1.807) is 6.07 Å². The molecule has 0 radical (unpaired) electrons. The molecule has 114 valence electrons. The third-order valence-corrected chi connectivity index (χ3v) is 3.69. The largest absolute Gasteiger partial charge is 0.481 e. The van der Waals surface area contributed by atoms with E-state index in [1.807, 2.05) is 0 Å². The van der Waals surface area contributed by atoms with Crippen LogP contribution in [-0.2, 0) is 4.79 Å². The minimum Gasteiger partial charge on any atom is -0.481 e. The van der Waals surface area contributed by atoms with Gasteiger partial charge < -0.3 is 9.67 Å². The topological polar surface area (TPSA) is 68.0 Å². The van der Waals surface area contributed by atoms with Crippen molar-refractivity contribution in [2.24, 2.45) is 0 Å². The van der Waals surface area contributed by atoms with Gasteiger partial charge in [0.25, 0.3) is 0 Å². The molecule has 0 spiro atoms. The summed E-state index contributed by atoms with van der Waals surface area (Å²) in [6, 6.07) is 0.689. The van der Waals surface area contributed by atoms with Crippen LogP contribution in [0.15, 0.2) is 23.6 Å². The van der Waals surface area contributed by atoms with Crippen LogP contribution >= 0.6 is 11.8 Å². The standard InChI is InChI=1S/C12H12F3N3O2S/c1-7(4-12(13,14)15)18-9-2-3-16-5-8(9)17-11(18)21-6-10(19)20/h2-3,5,7H,4,6H2,1H3,(H,19,20). The molecule has 1 unspecified atom stereocenters. The number of pyridine rings is 1. The lowest BCUT2D eigenvalue weighted by Crippen LogP contribution is -2.17. The van der Waals surface area contributed by atoms with Gasteiger partial charge in [-0.3, -0.25) is 9.78 Å². The highest BCUT2D eigenvalue weighted by Crippen LogP contribution is 2.33. The van der Waals surface area contributed by atoms with Crippen molar-refractivity contribution < 1.29 is 23.1 Å². The van der Waals surface area contributed by atoms with E-state index < -0.39 is 24.6 Å². The summed E-state index contributed by atoms with van der Waals surface area (Å²) < 4.78 is 39.2. The van der Waals surface area contributed by atoms with Gasteiger partial charge in [0.2, 0.25) is 0 Å². The first kappa shape index (κ1) is 15.6. The van der Waals surface area contributed by atoms with Crippen LogP contribution in [0.5, 0.6) is 0 Å². The van der Waals surface area contributed by atoms with Crippen molar-refractivity contribution in [2.45, 2.75) is 30.7 Å². The Kier molecular flexibility index (Phi) is 4.40. The molecular weight excluding hydrogens is 307 g/mol. The second kappa shape index (κ2) is 5.92. The van der Waals surface area contributed by atoms with Crippen LogP contribution in [0.2, 0.25) is 0 Å². The molecule has 2 rings (SSSR count). The summed E-state index contributed by atoms with van der Waals surface area (Å²) >= 11 is 0.892. The molecule has 0 aliphatic heterocycles. The Morgan fingerprint density at radius 3 is 2.86 bits per heavy atom. The summed E-state index contributed by atoms with van der Waals surface area (Å²) in [7, 11) is 0. The molecule has 2 aromatic rings. The summed E-state index contributed by atoms with van der Waals surface area (Å²) in [4.78, 5) is 18.7. The second-order valence-electron chi connectivity index (χ2n) is 4.48. The maximum Gasteiger partial charge on any atom is 0.391 e. The fraction of sp³-hybridized carbons (Fsp3) is 0.417. The van der Waals surface area contributed by atoms with Gasteiger partial charge in [0, 0.05) is 12.2 Å². The molecule has 0 amide bonds. The lowest BCUT2D eigenvalue weighted by atomic mass is 10.2. The van der Waals surface area contributed by atoms with Crippen molar-refractivity contribution in [3.05, 3.63) is 18.5 Å². The highest BCUT2D eigenvalue weighted by Gasteiger charge is 2.32. The predicted molar refractivity (Wildman–Crippen MR) is 71.3 cm³/mol. The second-order valence-corrected chi connectivity index (χ2v) is 5.42. The van der Waals surface area contributed by atoms with Gasteiger partial charge in [-0.15, -0.1) is 0 Å². The molecular formula is C12H12F3N3O2S. The van der Waals surface area contributed by atoms with Crippen LogP contribution in [0.25, 0.3) is 11.0 Å². The maximum absolute atomic E-state index is 12.6. The molecule has 0 aliphatic carbocycles. The predicted octanol–water partition coefficient (Wildman–Crippen LogP) is 3.12. The van der Waals surface area contributed by atoms with Gasteiger partial charge in [-0.25, -0.2) is 4.98 Å². The first-order chi connectivity index (χ1) is 9.78. The average Bonchev–Trinajstić information content (AvgIpc) is 2.72. The number of rotatable bonds is 5. The number of nitrogens with zero attached hydrogens (tertiary/aromatic N) is 3. The molecule has 1 atom stereocenters. The zero-order valence-corrected chi connectivity index (χ0v) is 11.8. The average molecular weight is 319 g/mol. The summed E-state index contributed by atoms with van der Waals surface area (Å²) in [5.41, 5.74) is 0.953. The van der Waals surface area contributed by atoms with Crippen LogP contribution in [0, 0.1) is 0 Å². The monoisotopic (exact) mass is 319 g/mol. The van der Waals surface area contributed by atoms with Crippen molar-refractivity contribution in [3.8, 4) is 0 Å². The normalized spacial score (nSPS) is 13.5. The van der Waals surface area contributed by atoms with Crippen molar-refractivity contribution in [1.82, 2.24) is 14.5 Å². The molecule has 2 heterocycles. The molecule has 0 aliphatic rings. The number of carboxylic acids is 1. The SMILES string of the molecule is CC(CC(F)(F)F)n1c(SCC(=O)O)nc2cnccc21. The number of halogens is 3. The molecule has 0 bridgehead atoms. The van der Waals surface area contributed by atoms with Gasteiger partial charge in [0.15, 0.2) is 5.16 Å². The number of aliphatic carboxylic acids is 1. The van der Waals surface area contributed by atoms with Gasteiger partial charge in [0.1, 0.15) is 5.52 Å². The quantitative estimate of drug-likeness (QED) is 0.858. The van der Waals surface area contributed by atoms with Crippen molar-refractivity contribution in [1.29, 1.82) is 0 Å². The van der Waals surface area contributed by atoms with E-state index in [9.17, 15) is 18.0 Å². The van der Waals surface area contributed by atoms with E-state index >= 15 is 0 Å². The molecule has 0 fully saturated rings. The third-order valence-electron chi connectivity index (χ3n) is 2.75. The number of alkyl halides is 3. The first-order valence-corrected chi connectivity index (χ1v) is 7.00. The van der Waals surface area contributed by atoms with Gasteiger partial charge in [-0.05, 0) is 13.0 Å². The Morgan fingerprint density at radius 2 is 2.24 bits per heavy atom. The number of fused-ring (bicyclic) bond motifs is 1. The summed E-state index contributed by atoms with van der Waals surface area (Å²) in [6.07, 6.45) is -2.41. The van der Waals surface area contributed by atoms with E-state index in [-0.39, 0.29) is 10.9 Å². The van der Waals surface area contributed by atoms with Gasteiger partial charge >= 0.3 is 12.1 Å². The van der Waals surface area contributed by atoms with Crippen molar-refractivity contribution in [3.63, 3.8) is 0 Å². The van der Waals surface area contributed by atoms with Crippen LogP contribution in [-0.4, -0.2) is 37.5 Å².